The number of carboxylic acids is 1. The van der Waals surface area contributed by atoms with Crippen LogP contribution in [0.2, 0.25) is 0 Å². The predicted octanol–water partition coefficient (Wildman–Crippen LogP) is 2.80. The zero-order valence-electron chi connectivity index (χ0n) is 12.5. The normalized spacial score (nSPS) is 14.4. The summed E-state index contributed by atoms with van der Waals surface area (Å²) in [7, 11) is 0. The summed E-state index contributed by atoms with van der Waals surface area (Å²) in [5.74, 6) is -1.47. The quantitative estimate of drug-likeness (QED) is 0.840. The number of carbonyl (C=O) groups excluding carboxylic acids is 1. The van der Waals surface area contributed by atoms with Crippen molar-refractivity contribution in [1.82, 2.24) is 5.32 Å². The second-order valence-electron chi connectivity index (χ2n) is 5.69. The number of benzene rings is 1. The van der Waals surface area contributed by atoms with Crippen molar-refractivity contribution in [3.8, 4) is 0 Å². The van der Waals surface area contributed by atoms with Crippen LogP contribution in [0.25, 0.3) is 0 Å². The van der Waals surface area contributed by atoms with Gasteiger partial charge in [0.1, 0.15) is 5.54 Å². The van der Waals surface area contributed by atoms with E-state index in [-0.39, 0.29) is 17.7 Å². The van der Waals surface area contributed by atoms with Crippen molar-refractivity contribution < 1.29 is 14.7 Å². The highest BCUT2D eigenvalue weighted by molar-refractivity contribution is 5.90. The van der Waals surface area contributed by atoms with Crippen molar-refractivity contribution in [2.75, 3.05) is 0 Å². The van der Waals surface area contributed by atoms with E-state index in [1.165, 1.54) is 13.8 Å². The third-order valence-corrected chi connectivity index (χ3v) is 3.62. The van der Waals surface area contributed by atoms with Gasteiger partial charge in [-0.1, -0.05) is 50.6 Å². The highest BCUT2D eigenvalue weighted by atomic mass is 16.4. The third kappa shape index (κ3) is 3.83. The van der Waals surface area contributed by atoms with Crippen LogP contribution in [-0.2, 0) is 9.59 Å². The summed E-state index contributed by atoms with van der Waals surface area (Å²) in [6.45, 7) is 7.01. The fourth-order valence-corrected chi connectivity index (χ4v) is 2.07. The Balaban J connectivity index is 3.01. The van der Waals surface area contributed by atoms with Crippen LogP contribution in [0, 0.1) is 5.92 Å². The summed E-state index contributed by atoms with van der Waals surface area (Å²) in [5.41, 5.74) is -0.349. The molecule has 110 valence electrons. The summed E-state index contributed by atoms with van der Waals surface area (Å²) >= 11 is 0. The monoisotopic (exact) mass is 277 g/mol. The van der Waals surface area contributed by atoms with Crippen LogP contribution in [0.4, 0.5) is 0 Å². The van der Waals surface area contributed by atoms with Crippen LogP contribution in [0.3, 0.4) is 0 Å². The zero-order valence-corrected chi connectivity index (χ0v) is 12.5. The van der Waals surface area contributed by atoms with E-state index in [9.17, 15) is 9.59 Å². The average Bonchev–Trinajstić information content (AvgIpc) is 2.39. The highest BCUT2D eigenvalue weighted by Crippen LogP contribution is 2.27. The van der Waals surface area contributed by atoms with Crippen LogP contribution >= 0.6 is 0 Å². The molecule has 0 fully saturated rings. The van der Waals surface area contributed by atoms with E-state index >= 15 is 0 Å². The van der Waals surface area contributed by atoms with Gasteiger partial charge in [0, 0.05) is 0 Å². The average molecular weight is 277 g/mol. The maximum Gasteiger partial charge on any atom is 0.328 e. The molecule has 2 N–H and O–H groups in total. The largest absolute Gasteiger partial charge is 0.480 e. The molecule has 0 aliphatic rings. The predicted molar refractivity (Wildman–Crippen MR) is 78.5 cm³/mol. The summed E-state index contributed by atoms with van der Waals surface area (Å²) in [5, 5.41) is 11.8. The SMILES string of the molecule is CCC(C)C(C(=O)NC(C)(C)C(=O)O)c1ccccc1. The first kappa shape index (κ1) is 16.2. The molecule has 2 unspecified atom stereocenters. The molecule has 4 nitrogen and oxygen atoms in total. The maximum atomic E-state index is 12.5. The van der Waals surface area contributed by atoms with Crippen LogP contribution in [-0.4, -0.2) is 22.5 Å². The molecule has 0 heterocycles. The zero-order chi connectivity index (χ0) is 15.3. The van der Waals surface area contributed by atoms with Gasteiger partial charge in [0.25, 0.3) is 0 Å². The molecule has 0 radical (unpaired) electrons. The third-order valence-electron chi connectivity index (χ3n) is 3.62. The number of rotatable bonds is 6. The standard InChI is InChI=1S/C16H23NO3/c1-5-11(2)13(12-9-7-6-8-10-12)14(18)17-16(3,4)15(19)20/h6-11,13H,5H2,1-4H3,(H,17,18)(H,19,20). The Morgan fingerprint density at radius 1 is 1.25 bits per heavy atom. The van der Waals surface area contributed by atoms with E-state index in [0.717, 1.165) is 12.0 Å². The minimum atomic E-state index is -1.27. The summed E-state index contributed by atoms with van der Waals surface area (Å²) in [6, 6.07) is 9.49. The lowest BCUT2D eigenvalue weighted by Crippen LogP contribution is -2.51. The van der Waals surface area contributed by atoms with E-state index in [2.05, 4.69) is 5.32 Å². The van der Waals surface area contributed by atoms with Crippen molar-refractivity contribution in [2.24, 2.45) is 5.92 Å². The first-order chi connectivity index (χ1) is 9.29. The fraction of sp³-hybridized carbons (Fsp3) is 0.500. The van der Waals surface area contributed by atoms with E-state index in [0.29, 0.717) is 0 Å². The lowest BCUT2D eigenvalue weighted by atomic mass is 9.84. The molecule has 0 spiro atoms. The summed E-state index contributed by atoms with van der Waals surface area (Å²) in [4.78, 5) is 23.6. The van der Waals surface area contributed by atoms with E-state index < -0.39 is 11.5 Å². The Morgan fingerprint density at radius 3 is 2.25 bits per heavy atom. The molecule has 2 atom stereocenters. The van der Waals surface area contributed by atoms with Crippen LogP contribution in [0.5, 0.6) is 0 Å². The fourth-order valence-electron chi connectivity index (χ4n) is 2.07. The van der Waals surface area contributed by atoms with Crippen LogP contribution in [0.1, 0.15) is 45.6 Å². The lowest BCUT2D eigenvalue weighted by molar-refractivity contribution is -0.146. The first-order valence-electron chi connectivity index (χ1n) is 6.90. The molecule has 0 aliphatic heterocycles. The number of carboxylic acid groups (broad SMARTS) is 1. The molecule has 0 aliphatic carbocycles. The topological polar surface area (TPSA) is 66.4 Å². The van der Waals surface area contributed by atoms with Gasteiger partial charge in [-0.3, -0.25) is 4.79 Å². The minimum absolute atomic E-state index is 0.141. The Kier molecular flexibility index (Phi) is 5.31. The van der Waals surface area contributed by atoms with Crippen molar-refractivity contribution >= 4 is 11.9 Å². The Hall–Kier alpha value is -1.84. The molecular weight excluding hydrogens is 254 g/mol. The minimum Gasteiger partial charge on any atom is -0.480 e. The lowest BCUT2D eigenvalue weighted by Gasteiger charge is -2.28. The van der Waals surface area contributed by atoms with E-state index in [1.807, 2.05) is 44.2 Å². The molecule has 1 rings (SSSR count). The second kappa shape index (κ2) is 6.55. The van der Waals surface area contributed by atoms with Crippen molar-refractivity contribution in [1.29, 1.82) is 0 Å². The molecule has 1 aromatic carbocycles. The second-order valence-corrected chi connectivity index (χ2v) is 5.69. The Labute approximate surface area is 120 Å². The smallest absolute Gasteiger partial charge is 0.328 e. The summed E-state index contributed by atoms with van der Waals surface area (Å²) in [6.07, 6.45) is 0.848. The molecule has 1 aromatic rings. The van der Waals surface area contributed by atoms with E-state index in [4.69, 9.17) is 5.11 Å². The highest BCUT2D eigenvalue weighted by Gasteiger charge is 2.34. The van der Waals surface area contributed by atoms with Gasteiger partial charge < -0.3 is 10.4 Å². The van der Waals surface area contributed by atoms with Crippen LogP contribution in [0.15, 0.2) is 30.3 Å². The molecule has 4 heteroatoms. The molecule has 1 amide bonds. The molecule has 0 saturated carbocycles. The number of hydrogen-bond donors (Lipinski definition) is 2. The van der Waals surface area contributed by atoms with Gasteiger partial charge in [-0.25, -0.2) is 4.79 Å². The van der Waals surface area contributed by atoms with Gasteiger partial charge in [-0.2, -0.15) is 0 Å². The first-order valence-corrected chi connectivity index (χ1v) is 6.90. The Bertz CT molecular complexity index is 468. The molecule has 0 saturated heterocycles. The van der Waals surface area contributed by atoms with E-state index in [1.54, 1.807) is 0 Å². The number of nitrogens with one attached hydrogen (secondary N) is 1. The molecule has 0 aromatic heterocycles. The maximum absolute atomic E-state index is 12.5. The number of aliphatic carboxylic acids is 1. The van der Waals surface area contributed by atoms with Gasteiger partial charge in [0.05, 0.1) is 5.92 Å². The molecule has 0 bridgehead atoms. The summed E-state index contributed by atoms with van der Waals surface area (Å²) < 4.78 is 0. The van der Waals surface area contributed by atoms with Gasteiger partial charge in [0.2, 0.25) is 5.91 Å². The van der Waals surface area contributed by atoms with Crippen LogP contribution < -0.4 is 5.32 Å². The van der Waals surface area contributed by atoms with Gasteiger partial charge in [-0.15, -0.1) is 0 Å². The van der Waals surface area contributed by atoms with Crippen molar-refractivity contribution in [3.05, 3.63) is 35.9 Å². The van der Waals surface area contributed by atoms with Gasteiger partial charge >= 0.3 is 5.97 Å². The van der Waals surface area contributed by atoms with Crippen molar-refractivity contribution in [3.63, 3.8) is 0 Å². The number of hydrogen-bond acceptors (Lipinski definition) is 2. The Morgan fingerprint density at radius 2 is 1.80 bits per heavy atom. The number of carbonyl (C=O) groups is 2. The van der Waals surface area contributed by atoms with Gasteiger partial charge in [-0.05, 0) is 25.3 Å². The number of amides is 1. The molecule has 20 heavy (non-hydrogen) atoms. The van der Waals surface area contributed by atoms with Gasteiger partial charge in [0.15, 0.2) is 0 Å². The molecular formula is C16H23NO3. The van der Waals surface area contributed by atoms with Crippen molar-refractivity contribution in [2.45, 2.75) is 45.6 Å².